The summed E-state index contributed by atoms with van der Waals surface area (Å²) in [7, 11) is 0. The number of anilines is 1. The molecule has 0 aliphatic carbocycles. The third-order valence-electron chi connectivity index (χ3n) is 1.97. The molecular weight excluding hydrogens is 212 g/mol. The average Bonchev–Trinajstić information content (AvgIpc) is 2.20. The van der Waals surface area contributed by atoms with Crippen molar-refractivity contribution in [3.05, 3.63) is 28.8 Å². The Labute approximate surface area is 93.7 Å². The highest BCUT2D eigenvalue weighted by molar-refractivity contribution is 6.33. The fourth-order valence-corrected chi connectivity index (χ4v) is 1.30. The number of benzene rings is 1. The molecule has 1 unspecified atom stereocenters. The molecule has 0 aliphatic rings. The monoisotopic (exact) mass is 222 g/mol. The first-order chi connectivity index (χ1) is 7.04. The van der Waals surface area contributed by atoms with Crippen LogP contribution in [0.25, 0.3) is 0 Å². The van der Waals surface area contributed by atoms with Gasteiger partial charge in [-0.25, -0.2) is 0 Å². The predicted molar refractivity (Wildman–Crippen MR) is 59.6 cm³/mol. The second-order valence-corrected chi connectivity index (χ2v) is 3.73. The van der Waals surface area contributed by atoms with Crippen molar-refractivity contribution in [2.75, 3.05) is 5.32 Å². The van der Waals surface area contributed by atoms with Crippen molar-refractivity contribution in [1.82, 2.24) is 0 Å². The lowest BCUT2D eigenvalue weighted by Gasteiger charge is -2.08. The number of hydrogen-bond acceptors (Lipinski definition) is 2. The van der Waals surface area contributed by atoms with E-state index in [-0.39, 0.29) is 5.91 Å². The van der Waals surface area contributed by atoms with Gasteiger partial charge in [-0.1, -0.05) is 17.7 Å². The number of aryl methyl sites for hydroxylation is 1. The fraction of sp³-hybridized carbons (Fsp3) is 0.273. The summed E-state index contributed by atoms with van der Waals surface area (Å²) in [5.74, 6) is -1.02. The van der Waals surface area contributed by atoms with Crippen molar-refractivity contribution in [2.45, 2.75) is 13.8 Å². The Morgan fingerprint density at radius 1 is 1.60 bits per heavy atom. The zero-order chi connectivity index (χ0) is 11.4. The number of carbonyl (C=O) groups is 1. The molecule has 1 atom stereocenters. The first-order valence-electron chi connectivity index (χ1n) is 4.51. The van der Waals surface area contributed by atoms with Gasteiger partial charge in [-0.2, -0.15) is 5.26 Å². The maximum absolute atomic E-state index is 11.4. The zero-order valence-electron chi connectivity index (χ0n) is 8.54. The Bertz CT molecular complexity index is 423. The summed E-state index contributed by atoms with van der Waals surface area (Å²) < 4.78 is 0. The number of halogens is 1. The van der Waals surface area contributed by atoms with E-state index in [1.54, 1.807) is 12.1 Å². The van der Waals surface area contributed by atoms with Crippen LogP contribution in [0.2, 0.25) is 5.02 Å². The van der Waals surface area contributed by atoms with Gasteiger partial charge in [-0.15, -0.1) is 0 Å². The quantitative estimate of drug-likeness (QED) is 0.837. The van der Waals surface area contributed by atoms with Crippen molar-refractivity contribution in [2.24, 2.45) is 5.92 Å². The van der Waals surface area contributed by atoms with Gasteiger partial charge in [0.25, 0.3) is 0 Å². The highest BCUT2D eigenvalue weighted by atomic mass is 35.5. The van der Waals surface area contributed by atoms with Crippen molar-refractivity contribution < 1.29 is 4.79 Å². The molecule has 3 nitrogen and oxygen atoms in total. The molecule has 1 N–H and O–H groups in total. The van der Waals surface area contributed by atoms with Gasteiger partial charge in [0.05, 0.1) is 16.8 Å². The highest BCUT2D eigenvalue weighted by Gasteiger charge is 2.12. The van der Waals surface area contributed by atoms with Crippen LogP contribution in [0.15, 0.2) is 18.2 Å². The number of nitrogens with zero attached hydrogens (tertiary/aromatic N) is 1. The molecular formula is C11H11ClN2O. The largest absolute Gasteiger partial charge is 0.324 e. The minimum absolute atomic E-state index is 0.344. The van der Waals surface area contributed by atoms with Gasteiger partial charge >= 0.3 is 0 Å². The molecule has 4 heteroatoms. The molecule has 0 spiro atoms. The summed E-state index contributed by atoms with van der Waals surface area (Å²) in [5.41, 5.74) is 1.56. The standard InChI is InChI=1S/C11H11ClN2O/c1-7-3-4-10(9(12)5-7)14-11(15)8(2)6-13/h3-5,8H,1-2H3,(H,14,15). The average molecular weight is 223 g/mol. The Balaban J connectivity index is 2.82. The highest BCUT2D eigenvalue weighted by Crippen LogP contribution is 2.23. The number of carbonyl (C=O) groups excluding carboxylic acids is 1. The third kappa shape index (κ3) is 2.97. The van der Waals surface area contributed by atoms with Gasteiger partial charge in [-0.05, 0) is 31.5 Å². The van der Waals surface area contributed by atoms with Crippen molar-refractivity contribution in [1.29, 1.82) is 5.26 Å². The minimum Gasteiger partial charge on any atom is -0.324 e. The summed E-state index contributed by atoms with van der Waals surface area (Å²) in [6.45, 7) is 3.45. The number of nitriles is 1. The minimum atomic E-state index is -0.678. The topological polar surface area (TPSA) is 52.9 Å². The molecule has 78 valence electrons. The SMILES string of the molecule is Cc1ccc(NC(=O)C(C)C#N)c(Cl)c1. The van der Waals surface area contributed by atoms with Crippen LogP contribution >= 0.6 is 11.6 Å². The Morgan fingerprint density at radius 3 is 2.80 bits per heavy atom. The summed E-state index contributed by atoms with van der Waals surface area (Å²) in [6, 6.07) is 7.19. The van der Waals surface area contributed by atoms with E-state index in [4.69, 9.17) is 16.9 Å². The number of hydrogen-bond donors (Lipinski definition) is 1. The van der Waals surface area contributed by atoms with Gasteiger partial charge < -0.3 is 5.32 Å². The molecule has 0 radical (unpaired) electrons. The molecule has 0 saturated carbocycles. The van der Waals surface area contributed by atoms with Crippen LogP contribution in [0.1, 0.15) is 12.5 Å². The summed E-state index contributed by atoms with van der Waals surface area (Å²) in [5, 5.41) is 11.6. The Kier molecular flexibility index (Phi) is 3.70. The van der Waals surface area contributed by atoms with Crippen molar-refractivity contribution >= 4 is 23.2 Å². The van der Waals surface area contributed by atoms with E-state index in [1.165, 1.54) is 6.92 Å². The lowest BCUT2D eigenvalue weighted by atomic mass is 10.2. The van der Waals surface area contributed by atoms with Gasteiger partial charge in [0.1, 0.15) is 5.92 Å². The molecule has 0 saturated heterocycles. The third-order valence-corrected chi connectivity index (χ3v) is 2.28. The van der Waals surface area contributed by atoms with E-state index in [0.29, 0.717) is 10.7 Å². The van der Waals surface area contributed by atoms with Crippen molar-refractivity contribution in [3.63, 3.8) is 0 Å². The molecule has 0 heterocycles. The van der Waals surface area contributed by atoms with Gasteiger partial charge in [-0.3, -0.25) is 4.79 Å². The lowest BCUT2D eigenvalue weighted by Crippen LogP contribution is -2.19. The molecule has 1 aromatic rings. The Morgan fingerprint density at radius 2 is 2.27 bits per heavy atom. The summed E-state index contributed by atoms with van der Waals surface area (Å²) in [6.07, 6.45) is 0. The summed E-state index contributed by atoms with van der Waals surface area (Å²) >= 11 is 5.92. The molecule has 0 aliphatic heterocycles. The van der Waals surface area contributed by atoms with E-state index in [2.05, 4.69) is 5.32 Å². The first-order valence-corrected chi connectivity index (χ1v) is 4.89. The Hall–Kier alpha value is -1.53. The second-order valence-electron chi connectivity index (χ2n) is 3.32. The van der Waals surface area contributed by atoms with Crippen LogP contribution in [0, 0.1) is 24.2 Å². The molecule has 15 heavy (non-hydrogen) atoms. The molecule has 0 bridgehead atoms. The molecule has 0 fully saturated rings. The maximum Gasteiger partial charge on any atom is 0.241 e. The number of amides is 1. The molecule has 0 aromatic heterocycles. The van der Waals surface area contributed by atoms with Crippen LogP contribution in [0.5, 0.6) is 0 Å². The maximum atomic E-state index is 11.4. The van der Waals surface area contributed by atoms with Crippen LogP contribution in [-0.4, -0.2) is 5.91 Å². The number of nitrogens with one attached hydrogen (secondary N) is 1. The van der Waals surface area contributed by atoms with E-state index in [1.807, 2.05) is 19.1 Å². The lowest BCUT2D eigenvalue weighted by molar-refractivity contribution is -0.117. The second kappa shape index (κ2) is 4.81. The van der Waals surface area contributed by atoms with E-state index in [0.717, 1.165) is 5.56 Å². The van der Waals surface area contributed by atoms with E-state index in [9.17, 15) is 4.79 Å². The normalized spacial score (nSPS) is 11.6. The van der Waals surface area contributed by atoms with E-state index >= 15 is 0 Å². The smallest absolute Gasteiger partial charge is 0.241 e. The van der Waals surface area contributed by atoms with Gasteiger partial charge in [0.2, 0.25) is 5.91 Å². The van der Waals surface area contributed by atoms with Crippen LogP contribution < -0.4 is 5.32 Å². The van der Waals surface area contributed by atoms with Gasteiger partial charge in [0.15, 0.2) is 0 Å². The number of rotatable bonds is 2. The molecule has 1 rings (SSSR count). The predicted octanol–water partition coefficient (Wildman–Crippen LogP) is 2.75. The summed E-state index contributed by atoms with van der Waals surface area (Å²) in [4.78, 5) is 11.4. The zero-order valence-corrected chi connectivity index (χ0v) is 9.30. The van der Waals surface area contributed by atoms with Crippen LogP contribution in [-0.2, 0) is 4.79 Å². The van der Waals surface area contributed by atoms with E-state index < -0.39 is 5.92 Å². The van der Waals surface area contributed by atoms with Crippen molar-refractivity contribution in [3.8, 4) is 6.07 Å². The fourth-order valence-electron chi connectivity index (χ4n) is 1.02. The van der Waals surface area contributed by atoms with Crippen LogP contribution in [0.4, 0.5) is 5.69 Å². The molecule has 1 amide bonds. The van der Waals surface area contributed by atoms with Crippen LogP contribution in [0.3, 0.4) is 0 Å². The van der Waals surface area contributed by atoms with Gasteiger partial charge in [0, 0.05) is 0 Å². The first kappa shape index (κ1) is 11.5. The molecule has 1 aromatic carbocycles.